The van der Waals surface area contributed by atoms with E-state index in [4.69, 9.17) is 5.73 Å². The zero-order valence-corrected chi connectivity index (χ0v) is 9.41. The van der Waals surface area contributed by atoms with Gasteiger partial charge >= 0.3 is 0 Å². The summed E-state index contributed by atoms with van der Waals surface area (Å²) in [6, 6.07) is 0. The Labute approximate surface area is 92.3 Å². The molecule has 4 saturated carbocycles. The van der Waals surface area contributed by atoms with Crippen molar-refractivity contribution in [3.05, 3.63) is 12.3 Å². The van der Waals surface area contributed by atoms with Crippen LogP contribution in [0.15, 0.2) is 12.3 Å². The molecule has 4 aliphatic carbocycles. The topological polar surface area (TPSA) is 38.0 Å². The summed E-state index contributed by atoms with van der Waals surface area (Å²) < 4.78 is 0. The van der Waals surface area contributed by atoms with E-state index in [-0.39, 0.29) is 0 Å². The quantitative estimate of drug-likeness (QED) is 0.741. The Morgan fingerprint density at radius 2 is 1.60 bits per heavy atom. The summed E-state index contributed by atoms with van der Waals surface area (Å²) in [6.07, 6.45) is 12.9. The first-order valence-electron chi connectivity index (χ1n) is 6.42. The lowest BCUT2D eigenvalue weighted by Crippen LogP contribution is -2.56. The van der Waals surface area contributed by atoms with Crippen LogP contribution in [-0.2, 0) is 0 Å². The van der Waals surface area contributed by atoms with Crippen LogP contribution in [-0.4, -0.2) is 12.1 Å². The van der Waals surface area contributed by atoms with Crippen molar-refractivity contribution in [3.8, 4) is 0 Å². The highest BCUT2D eigenvalue weighted by molar-refractivity contribution is 5.08. The van der Waals surface area contributed by atoms with Gasteiger partial charge in [0.2, 0.25) is 0 Å². The van der Waals surface area contributed by atoms with Gasteiger partial charge in [0.1, 0.15) is 0 Å². The molecule has 0 aliphatic heterocycles. The van der Waals surface area contributed by atoms with Crippen LogP contribution in [0.2, 0.25) is 0 Å². The van der Waals surface area contributed by atoms with Crippen molar-refractivity contribution in [2.24, 2.45) is 23.5 Å². The van der Waals surface area contributed by atoms with Gasteiger partial charge in [0.15, 0.2) is 0 Å². The van der Waals surface area contributed by atoms with Gasteiger partial charge in [-0.05, 0) is 62.5 Å². The molecule has 2 heteroatoms. The van der Waals surface area contributed by atoms with E-state index >= 15 is 0 Å². The Morgan fingerprint density at radius 1 is 1.07 bits per heavy atom. The van der Waals surface area contributed by atoms with Crippen molar-refractivity contribution in [2.45, 2.75) is 44.1 Å². The number of rotatable bonds is 3. The fourth-order valence-corrected chi connectivity index (χ4v) is 4.59. The van der Waals surface area contributed by atoms with Gasteiger partial charge in [0.25, 0.3) is 0 Å². The molecule has 0 amide bonds. The Morgan fingerprint density at radius 3 is 2.07 bits per heavy atom. The lowest BCUT2D eigenvalue weighted by Gasteiger charge is -2.56. The summed E-state index contributed by atoms with van der Waals surface area (Å²) in [6.45, 7) is 0.652. The van der Waals surface area contributed by atoms with Crippen LogP contribution < -0.4 is 11.1 Å². The molecule has 15 heavy (non-hydrogen) atoms. The normalized spacial score (nSPS) is 47.7. The number of hydrogen-bond acceptors (Lipinski definition) is 2. The SMILES string of the molecule is NC/C=C/NC12CC3CC(CC(C3)C1)C2. The summed E-state index contributed by atoms with van der Waals surface area (Å²) in [4.78, 5) is 0. The third-order valence-corrected chi connectivity index (χ3v) is 4.68. The van der Waals surface area contributed by atoms with Crippen LogP contribution in [0.5, 0.6) is 0 Å². The van der Waals surface area contributed by atoms with Gasteiger partial charge in [-0.3, -0.25) is 0 Å². The van der Waals surface area contributed by atoms with E-state index in [1.807, 2.05) is 6.08 Å². The van der Waals surface area contributed by atoms with Crippen molar-refractivity contribution in [1.82, 2.24) is 5.32 Å². The molecule has 0 spiro atoms. The third kappa shape index (κ3) is 1.69. The van der Waals surface area contributed by atoms with Gasteiger partial charge in [-0.15, -0.1) is 0 Å². The molecule has 0 saturated heterocycles. The van der Waals surface area contributed by atoms with Crippen molar-refractivity contribution < 1.29 is 0 Å². The number of hydrogen-bond donors (Lipinski definition) is 2. The highest BCUT2D eigenvalue weighted by atomic mass is 15.0. The Hall–Kier alpha value is -0.500. The molecule has 4 aliphatic rings. The molecule has 4 fully saturated rings. The summed E-state index contributed by atoms with van der Waals surface area (Å²) in [5, 5.41) is 3.67. The van der Waals surface area contributed by atoms with Gasteiger partial charge in [-0.1, -0.05) is 6.08 Å². The van der Waals surface area contributed by atoms with E-state index < -0.39 is 0 Å². The highest BCUT2D eigenvalue weighted by Gasteiger charge is 2.50. The average molecular weight is 206 g/mol. The van der Waals surface area contributed by atoms with Crippen LogP contribution in [0.4, 0.5) is 0 Å². The largest absolute Gasteiger partial charge is 0.386 e. The molecule has 4 rings (SSSR count). The molecule has 0 atom stereocenters. The first kappa shape index (κ1) is 9.71. The van der Waals surface area contributed by atoms with Crippen LogP contribution in [0.1, 0.15) is 38.5 Å². The minimum Gasteiger partial charge on any atom is -0.386 e. The molecule has 0 aromatic rings. The third-order valence-electron chi connectivity index (χ3n) is 4.68. The Kier molecular flexibility index (Phi) is 2.27. The molecule has 84 valence electrons. The van der Waals surface area contributed by atoms with E-state index in [1.165, 1.54) is 38.5 Å². The second-order valence-corrected chi connectivity index (χ2v) is 5.98. The molecule has 2 nitrogen and oxygen atoms in total. The van der Waals surface area contributed by atoms with Gasteiger partial charge in [-0.25, -0.2) is 0 Å². The van der Waals surface area contributed by atoms with E-state index in [0.717, 1.165) is 17.8 Å². The van der Waals surface area contributed by atoms with E-state index in [1.54, 1.807) is 0 Å². The van der Waals surface area contributed by atoms with Crippen LogP contribution in [0.3, 0.4) is 0 Å². The molecule has 0 unspecified atom stereocenters. The maximum Gasteiger partial charge on any atom is 0.0376 e. The summed E-state index contributed by atoms with van der Waals surface area (Å²) in [7, 11) is 0. The monoisotopic (exact) mass is 206 g/mol. The lowest BCUT2D eigenvalue weighted by molar-refractivity contribution is -0.0130. The maximum absolute atomic E-state index is 5.48. The first-order valence-corrected chi connectivity index (χ1v) is 6.42. The fourth-order valence-electron chi connectivity index (χ4n) is 4.59. The van der Waals surface area contributed by atoms with Crippen molar-refractivity contribution in [3.63, 3.8) is 0 Å². The molecule has 0 radical (unpaired) electrons. The van der Waals surface area contributed by atoms with Crippen molar-refractivity contribution >= 4 is 0 Å². The minimum atomic E-state index is 0.459. The molecule has 4 bridgehead atoms. The zero-order valence-electron chi connectivity index (χ0n) is 9.41. The fraction of sp³-hybridized carbons (Fsp3) is 0.846. The number of nitrogens with two attached hydrogens (primary N) is 1. The van der Waals surface area contributed by atoms with Crippen molar-refractivity contribution in [2.75, 3.05) is 6.54 Å². The van der Waals surface area contributed by atoms with Gasteiger partial charge in [0.05, 0.1) is 0 Å². The van der Waals surface area contributed by atoms with Crippen LogP contribution in [0, 0.1) is 17.8 Å². The smallest absolute Gasteiger partial charge is 0.0376 e. The second-order valence-electron chi connectivity index (χ2n) is 5.98. The Balaban J connectivity index is 1.72. The predicted octanol–water partition coefficient (Wildman–Crippen LogP) is 2.02. The van der Waals surface area contributed by atoms with Gasteiger partial charge in [0, 0.05) is 12.1 Å². The van der Waals surface area contributed by atoms with Crippen molar-refractivity contribution in [1.29, 1.82) is 0 Å². The van der Waals surface area contributed by atoms with E-state index in [0.29, 0.717) is 12.1 Å². The summed E-state index contributed by atoms with van der Waals surface area (Å²) in [5.41, 5.74) is 5.94. The van der Waals surface area contributed by atoms with Crippen LogP contribution >= 0.6 is 0 Å². The summed E-state index contributed by atoms with van der Waals surface area (Å²) >= 11 is 0. The number of nitrogens with one attached hydrogen (secondary N) is 1. The highest BCUT2D eigenvalue weighted by Crippen LogP contribution is 2.55. The lowest BCUT2D eigenvalue weighted by atomic mass is 9.53. The molecule has 0 heterocycles. The first-order chi connectivity index (χ1) is 7.30. The Bertz CT molecular complexity index is 234. The maximum atomic E-state index is 5.48. The molecular formula is C13H22N2. The zero-order chi connectivity index (χ0) is 10.3. The predicted molar refractivity (Wildman–Crippen MR) is 62.2 cm³/mol. The minimum absolute atomic E-state index is 0.459. The summed E-state index contributed by atoms with van der Waals surface area (Å²) in [5.74, 6) is 3.07. The average Bonchev–Trinajstić information content (AvgIpc) is 2.15. The molecule has 0 aromatic carbocycles. The van der Waals surface area contributed by atoms with Crippen LogP contribution in [0.25, 0.3) is 0 Å². The standard InChI is InChI=1S/C13H22N2/c14-2-1-3-15-13-7-10-4-11(8-13)6-12(5-10)9-13/h1,3,10-12,15H,2,4-9,14H2/b3-1+. The van der Waals surface area contributed by atoms with E-state index in [9.17, 15) is 0 Å². The molecular weight excluding hydrogens is 184 g/mol. The second kappa shape index (κ2) is 3.51. The van der Waals surface area contributed by atoms with E-state index in [2.05, 4.69) is 11.5 Å². The van der Waals surface area contributed by atoms with Gasteiger partial charge < -0.3 is 11.1 Å². The molecule has 0 aromatic heterocycles. The van der Waals surface area contributed by atoms with Gasteiger partial charge in [-0.2, -0.15) is 0 Å². The molecule has 3 N–H and O–H groups in total.